The summed E-state index contributed by atoms with van der Waals surface area (Å²) in [6.07, 6.45) is 8.79. The fraction of sp³-hybridized carbons (Fsp3) is 0.391. The number of nitrogens with zero attached hydrogens (tertiary/aromatic N) is 2. The molecule has 4 rings (SSSR count). The van der Waals surface area contributed by atoms with Crippen LogP contribution in [0.2, 0.25) is 0 Å². The Hall–Kier alpha value is -3.62. The van der Waals surface area contributed by atoms with Gasteiger partial charge in [0, 0.05) is 38.6 Å². The van der Waals surface area contributed by atoms with E-state index >= 15 is 0 Å². The molecule has 1 unspecified atom stereocenters. The predicted octanol–water partition coefficient (Wildman–Crippen LogP) is 1.52. The summed E-state index contributed by atoms with van der Waals surface area (Å²) < 4.78 is 5.79. The van der Waals surface area contributed by atoms with Gasteiger partial charge in [0.15, 0.2) is 5.82 Å². The van der Waals surface area contributed by atoms with Crippen LogP contribution in [0.3, 0.4) is 0 Å². The van der Waals surface area contributed by atoms with Crippen molar-refractivity contribution in [2.75, 3.05) is 32.8 Å². The van der Waals surface area contributed by atoms with Crippen LogP contribution in [-0.4, -0.2) is 65.4 Å². The second-order valence-electron chi connectivity index (χ2n) is 8.04. The molecule has 0 aliphatic carbocycles. The minimum Gasteiger partial charge on any atom is -0.489 e. The van der Waals surface area contributed by atoms with Crippen LogP contribution in [0.15, 0.2) is 48.8 Å². The van der Waals surface area contributed by atoms with Gasteiger partial charge in [-0.15, -0.1) is 0 Å². The number of likely N-dealkylation sites (tertiary alicyclic amines) is 1. The zero-order valence-electron chi connectivity index (χ0n) is 17.8. The number of rotatable bonds is 1. The number of benzene rings is 1. The van der Waals surface area contributed by atoms with E-state index in [9.17, 15) is 14.4 Å². The van der Waals surface area contributed by atoms with Gasteiger partial charge in [-0.2, -0.15) is 0 Å². The minimum absolute atomic E-state index is 0.119. The summed E-state index contributed by atoms with van der Waals surface area (Å²) in [7, 11) is 0. The lowest BCUT2D eigenvalue weighted by atomic mass is 9.76. The van der Waals surface area contributed by atoms with Gasteiger partial charge in [-0.05, 0) is 31.4 Å². The van der Waals surface area contributed by atoms with Crippen LogP contribution in [-0.2, 0) is 4.79 Å². The smallest absolute Gasteiger partial charge is 0.289 e. The molecule has 0 radical (unpaired) electrons. The number of hydrogen-bond donors (Lipinski definition) is 3. The second kappa shape index (κ2) is 9.67. The number of carbonyl (C=O) groups is 3. The van der Waals surface area contributed by atoms with Crippen LogP contribution < -0.4 is 15.4 Å². The van der Waals surface area contributed by atoms with Gasteiger partial charge in [-0.1, -0.05) is 24.3 Å². The molecule has 1 fully saturated rings. The summed E-state index contributed by atoms with van der Waals surface area (Å²) in [6.45, 7) is 1.75. The van der Waals surface area contributed by atoms with E-state index in [1.165, 1.54) is 6.20 Å². The molecule has 32 heavy (non-hydrogen) atoms. The largest absolute Gasteiger partial charge is 0.489 e. The van der Waals surface area contributed by atoms with Gasteiger partial charge in [0.2, 0.25) is 5.91 Å². The summed E-state index contributed by atoms with van der Waals surface area (Å²) in [6, 6.07) is 7.07. The molecule has 2 aliphatic heterocycles. The molecule has 9 heteroatoms. The summed E-state index contributed by atoms with van der Waals surface area (Å²) >= 11 is 0. The number of nitrogens with one attached hydrogen (secondary N) is 3. The third kappa shape index (κ3) is 4.66. The van der Waals surface area contributed by atoms with Crippen molar-refractivity contribution in [3.63, 3.8) is 0 Å². The van der Waals surface area contributed by atoms with E-state index in [1.807, 2.05) is 18.2 Å². The van der Waals surface area contributed by atoms with E-state index in [-0.39, 0.29) is 30.2 Å². The Labute approximate surface area is 186 Å². The van der Waals surface area contributed by atoms with E-state index < -0.39 is 5.41 Å². The highest BCUT2D eigenvalue weighted by atomic mass is 16.5. The van der Waals surface area contributed by atoms with E-state index in [2.05, 4.69) is 20.6 Å². The highest BCUT2D eigenvalue weighted by Crippen LogP contribution is 2.35. The molecule has 1 saturated heterocycles. The van der Waals surface area contributed by atoms with Gasteiger partial charge in [0.05, 0.1) is 11.0 Å². The summed E-state index contributed by atoms with van der Waals surface area (Å²) in [4.78, 5) is 47.2. The third-order valence-corrected chi connectivity index (χ3v) is 5.88. The van der Waals surface area contributed by atoms with Gasteiger partial charge < -0.3 is 25.3 Å². The number of para-hydroxylation sites is 1. The first-order chi connectivity index (χ1) is 15.6. The van der Waals surface area contributed by atoms with Crippen LogP contribution in [0.25, 0.3) is 0 Å². The van der Waals surface area contributed by atoms with Crippen molar-refractivity contribution in [2.24, 2.45) is 5.41 Å². The van der Waals surface area contributed by atoms with E-state index in [0.29, 0.717) is 56.8 Å². The number of ether oxygens (including phenoxy) is 1. The van der Waals surface area contributed by atoms with Gasteiger partial charge in [-0.3, -0.25) is 14.4 Å². The summed E-state index contributed by atoms with van der Waals surface area (Å²) in [5, 5.41) is 5.78. The van der Waals surface area contributed by atoms with Gasteiger partial charge in [-0.25, -0.2) is 4.98 Å². The maximum atomic E-state index is 13.2. The molecule has 1 atom stereocenters. The number of imidazole rings is 1. The van der Waals surface area contributed by atoms with Crippen molar-refractivity contribution in [1.29, 1.82) is 0 Å². The lowest BCUT2D eigenvalue weighted by Crippen LogP contribution is -2.54. The predicted molar refractivity (Wildman–Crippen MR) is 117 cm³/mol. The monoisotopic (exact) mass is 437 g/mol. The Bertz CT molecular complexity index is 1000. The molecule has 1 spiro atoms. The number of hydrogen-bond acceptors (Lipinski definition) is 5. The standard InChI is InChI=1S/C23H27N5O4/c29-20-17-6-1-2-7-18(17)32-15-4-3-8-23(22(31)27-13-12-26-20)9-5-14-28(16-23)21(30)19-24-10-11-25-19/h1-4,6-7,10-11H,5,8-9,12-16H2,(H,24,25)(H,26,29)(H,27,31)/b4-3+. The Morgan fingerprint density at radius 2 is 1.97 bits per heavy atom. The maximum Gasteiger partial charge on any atom is 0.289 e. The van der Waals surface area contributed by atoms with E-state index in [4.69, 9.17) is 4.74 Å². The minimum atomic E-state index is -0.747. The first kappa shape index (κ1) is 21.6. The van der Waals surface area contributed by atoms with Crippen LogP contribution in [0.4, 0.5) is 0 Å². The molecular formula is C23H27N5O4. The lowest BCUT2D eigenvalue weighted by molar-refractivity contribution is -0.133. The summed E-state index contributed by atoms with van der Waals surface area (Å²) in [5.41, 5.74) is -0.289. The molecule has 9 nitrogen and oxygen atoms in total. The number of H-pyrrole nitrogens is 1. The van der Waals surface area contributed by atoms with Crippen molar-refractivity contribution < 1.29 is 19.1 Å². The molecule has 168 valence electrons. The quantitative estimate of drug-likeness (QED) is 0.585. The van der Waals surface area contributed by atoms with Crippen LogP contribution in [0, 0.1) is 5.41 Å². The SMILES string of the molecule is O=C1NCCNC(=O)C2(C/C=C/COc3ccccc31)CCCN(C(=O)c1ncc[nH]1)C2. The molecule has 0 bridgehead atoms. The van der Waals surface area contributed by atoms with Crippen molar-refractivity contribution in [3.05, 3.63) is 60.2 Å². The number of aromatic nitrogens is 2. The molecule has 3 N–H and O–H groups in total. The number of piperidine rings is 1. The second-order valence-corrected chi connectivity index (χ2v) is 8.04. The van der Waals surface area contributed by atoms with Crippen molar-refractivity contribution in [1.82, 2.24) is 25.5 Å². The zero-order chi connectivity index (χ0) is 22.4. The molecule has 1 aromatic carbocycles. The van der Waals surface area contributed by atoms with Gasteiger partial charge in [0.1, 0.15) is 12.4 Å². The van der Waals surface area contributed by atoms with E-state index in [0.717, 1.165) is 0 Å². The number of carbonyl (C=O) groups excluding carboxylic acids is 3. The van der Waals surface area contributed by atoms with Gasteiger partial charge in [0.25, 0.3) is 11.8 Å². The Balaban J connectivity index is 1.52. The number of fused-ring (bicyclic) bond motifs is 1. The number of amides is 3. The Morgan fingerprint density at radius 1 is 1.12 bits per heavy atom. The van der Waals surface area contributed by atoms with Crippen molar-refractivity contribution >= 4 is 17.7 Å². The molecule has 0 saturated carbocycles. The molecule has 3 heterocycles. The molecule has 3 amide bonds. The number of allylic oxidation sites excluding steroid dienone is 1. The summed E-state index contributed by atoms with van der Waals surface area (Å²) in [5.74, 6) is 0.203. The van der Waals surface area contributed by atoms with Crippen LogP contribution >= 0.6 is 0 Å². The maximum absolute atomic E-state index is 13.2. The van der Waals surface area contributed by atoms with Gasteiger partial charge >= 0.3 is 0 Å². The van der Waals surface area contributed by atoms with E-state index in [1.54, 1.807) is 29.3 Å². The normalized spacial score (nSPS) is 23.3. The average molecular weight is 438 g/mol. The van der Waals surface area contributed by atoms with Crippen LogP contribution in [0.1, 0.15) is 40.2 Å². The fourth-order valence-electron chi connectivity index (χ4n) is 4.21. The Kier molecular flexibility index (Phi) is 6.53. The molecule has 2 aromatic rings. The van der Waals surface area contributed by atoms with Crippen molar-refractivity contribution in [3.8, 4) is 5.75 Å². The third-order valence-electron chi connectivity index (χ3n) is 5.88. The molecule has 2 aliphatic rings. The van der Waals surface area contributed by atoms with Crippen LogP contribution in [0.5, 0.6) is 5.75 Å². The highest BCUT2D eigenvalue weighted by Gasteiger charge is 2.42. The zero-order valence-corrected chi connectivity index (χ0v) is 17.8. The average Bonchev–Trinajstić information content (AvgIpc) is 3.36. The first-order valence-electron chi connectivity index (χ1n) is 10.8. The topological polar surface area (TPSA) is 116 Å². The fourth-order valence-corrected chi connectivity index (χ4v) is 4.21. The highest BCUT2D eigenvalue weighted by molar-refractivity contribution is 5.97. The molecule has 1 aromatic heterocycles. The van der Waals surface area contributed by atoms with Crippen molar-refractivity contribution in [2.45, 2.75) is 19.3 Å². The first-order valence-corrected chi connectivity index (χ1v) is 10.8. The molecular weight excluding hydrogens is 410 g/mol. The number of aromatic amines is 1. The Morgan fingerprint density at radius 3 is 2.81 bits per heavy atom. The lowest BCUT2D eigenvalue weighted by Gasteiger charge is -2.41.